The van der Waals surface area contributed by atoms with Gasteiger partial charge in [0.1, 0.15) is 16.5 Å². The third-order valence-corrected chi connectivity index (χ3v) is 3.94. The Morgan fingerprint density at radius 2 is 2.06 bits per heavy atom. The number of aliphatic hydroxyl groups excluding tert-OH is 1. The van der Waals surface area contributed by atoms with Gasteiger partial charge in [0, 0.05) is 12.6 Å². The fraction of sp³-hybridized carbons (Fsp3) is 0.538. The van der Waals surface area contributed by atoms with E-state index in [1.807, 2.05) is 6.92 Å². The Morgan fingerprint density at radius 1 is 1.33 bits per heavy atom. The van der Waals surface area contributed by atoms with E-state index in [9.17, 15) is 5.11 Å². The van der Waals surface area contributed by atoms with Crippen molar-refractivity contribution in [3.63, 3.8) is 0 Å². The lowest BCUT2D eigenvalue weighted by atomic mass is 10.2. The molecule has 0 spiro atoms. The average molecular weight is 265 g/mol. The van der Waals surface area contributed by atoms with Crippen LogP contribution in [0.2, 0.25) is 0 Å². The van der Waals surface area contributed by atoms with E-state index in [2.05, 4.69) is 41.0 Å². The number of thiophene rings is 1. The summed E-state index contributed by atoms with van der Waals surface area (Å²) in [5.41, 5.74) is 1.20. The zero-order valence-corrected chi connectivity index (χ0v) is 12.1. The smallest absolute Gasteiger partial charge is 0.141 e. The monoisotopic (exact) mass is 265 g/mol. The van der Waals surface area contributed by atoms with E-state index in [1.165, 1.54) is 5.56 Å². The van der Waals surface area contributed by atoms with Crippen LogP contribution in [0.15, 0.2) is 5.38 Å². The fourth-order valence-corrected chi connectivity index (χ4v) is 3.05. The highest BCUT2D eigenvalue weighted by Crippen LogP contribution is 2.32. The zero-order chi connectivity index (χ0) is 13.3. The molecule has 18 heavy (non-hydrogen) atoms. The summed E-state index contributed by atoms with van der Waals surface area (Å²) >= 11 is 1.65. The van der Waals surface area contributed by atoms with Crippen LogP contribution in [-0.4, -0.2) is 34.3 Å². The molecular weight excluding hydrogens is 246 g/mol. The van der Waals surface area contributed by atoms with Crippen LogP contribution in [0.1, 0.15) is 25.2 Å². The first-order chi connectivity index (χ1) is 8.54. The molecule has 0 aromatic carbocycles. The van der Waals surface area contributed by atoms with Gasteiger partial charge in [-0.15, -0.1) is 11.3 Å². The summed E-state index contributed by atoms with van der Waals surface area (Å²) < 4.78 is 0. The van der Waals surface area contributed by atoms with E-state index in [0.29, 0.717) is 12.6 Å². The lowest BCUT2D eigenvalue weighted by Gasteiger charge is -2.28. The molecule has 2 rings (SSSR count). The van der Waals surface area contributed by atoms with Crippen molar-refractivity contribution in [2.45, 2.75) is 33.7 Å². The van der Waals surface area contributed by atoms with Crippen LogP contribution in [0, 0.1) is 13.8 Å². The number of aromatic nitrogens is 2. The number of fused-ring (bicyclic) bond motifs is 1. The highest BCUT2D eigenvalue weighted by atomic mass is 32.1. The quantitative estimate of drug-likeness (QED) is 0.923. The molecule has 0 bridgehead atoms. The Balaban J connectivity index is 2.63. The minimum atomic E-state index is 0.131. The summed E-state index contributed by atoms with van der Waals surface area (Å²) in [6.07, 6.45) is 0. The molecule has 0 saturated heterocycles. The van der Waals surface area contributed by atoms with Gasteiger partial charge < -0.3 is 10.0 Å². The van der Waals surface area contributed by atoms with Crippen LogP contribution in [0.5, 0.6) is 0 Å². The standard InChI is InChI=1S/C13H19N3OS/c1-8(2)16(5-6-17)12-11-9(3)7-18-13(11)15-10(4)14-12/h7-8,17H,5-6H2,1-4H3. The maximum absolute atomic E-state index is 9.23. The van der Waals surface area contributed by atoms with E-state index in [0.717, 1.165) is 21.9 Å². The molecule has 0 radical (unpaired) electrons. The SMILES string of the molecule is Cc1nc(N(CCO)C(C)C)c2c(C)csc2n1. The minimum Gasteiger partial charge on any atom is -0.395 e. The van der Waals surface area contributed by atoms with Crippen LogP contribution in [0.4, 0.5) is 5.82 Å². The van der Waals surface area contributed by atoms with E-state index < -0.39 is 0 Å². The van der Waals surface area contributed by atoms with Gasteiger partial charge in [-0.3, -0.25) is 0 Å². The third kappa shape index (κ3) is 2.33. The first-order valence-corrected chi connectivity index (χ1v) is 7.02. The molecule has 0 aliphatic rings. The van der Waals surface area contributed by atoms with Crippen molar-refractivity contribution in [3.8, 4) is 0 Å². The van der Waals surface area contributed by atoms with Gasteiger partial charge in [-0.05, 0) is 38.6 Å². The van der Waals surface area contributed by atoms with E-state index >= 15 is 0 Å². The molecule has 5 heteroatoms. The topological polar surface area (TPSA) is 49.2 Å². The van der Waals surface area contributed by atoms with E-state index in [-0.39, 0.29) is 6.61 Å². The van der Waals surface area contributed by atoms with Crippen LogP contribution in [-0.2, 0) is 0 Å². The lowest BCUT2D eigenvalue weighted by Crippen LogP contribution is -2.34. The number of hydrogen-bond donors (Lipinski definition) is 1. The van der Waals surface area contributed by atoms with Crippen LogP contribution < -0.4 is 4.90 Å². The Labute approximate surface area is 111 Å². The molecule has 2 aromatic rings. The molecule has 0 saturated carbocycles. The van der Waals surface area contributed by atoms with Gasteiger partial charge in [-0.25, -0.2) is 9.97 Å². The summed E-state index contributed by atoms with van der Waals surface area (Å²) in [7, 11) is 0. The molecular formula is C13H19N3OS. The molecule has 98 valence electrons. The Hall–Kier alpha value is -1.20. The molecule has 0 amide bonds. The first-order valence-electron chi connectivity index (χ1n) is 6.14. The van der Waals surface area contributed by atoms with Crippen molar-refractivity contribution in [3.05, 3.63) is 16.8 Å². The molecule has 1 N–H and O–H groups in total. The second-order valence-electron chi connectivity index (χ2n) is 4.70. The van der Waals surface area contributed by atoms with Crippen molar-refractivity contribution in [2.75, 3.05) is 18.1 Å². The maximum atomic E-state index is 9.23. The Kier molecular flexibility index (Phi) is 3.82. The van der Waals surface area contributed by atoms with E-state index in [1.54, 1.807) is 11.3 Å². The number of aliphatic hydroxyl groups is 1. The summed E-state index contributed by atoms with van der Waals surface area (Å²) in [4.78, 5) is 12.2. The molecule has 2 aromatic heterocycles. The number of anilines is 1. The lowest BCUT2D eigenvalue weighted by molar-refractivity contribution is 0.298. The summed E-state index contributed by atoms with van der Waals surface area (Å²) in [5.74, 6) is 1.73. The van der Waals surface area contributed by atoms with Crippen molar-refractivity contribution >= 4 is 27.4 Å². The van der Waals surface area contributed by atoms with Crippen LogP contribution in [0.3, 0.4) is 0 Å². The predicted octanol–water partition coefficient (Wildman–Crippen LogP) is 2.52. The number of rotatable bonds is 4. The molecule has 0 fully saturated rings. The summed E-state index contributed by atoms with van der Waals surface area (Å²) in [5, 5.41) is 12.5. The predicted molar refractivity (Wildman–Crippen MR) is 76.5 cm³/mol. The summed E-state index contributed by atoms with van der Waals surface area (Å²) in [6, 6.07) is 0.300. The van der Waals surface area contributed by atoms with Crippen LogP contribution >= 0.6 is 11.3 Å². The largest absolute Gasteiger partial charge is 0.395 e. The molecule has 2 heterocycles. The van der Waals surface area contributed by atoms with Gasteiger partial charge in [0.2, 0.25) is 0 Å². The average Bonchev–Trinajstić information content (AvgIpc) is 2.66. The second-order valence-corrected chi connectivity index (χ2v) is 5.56. The van der Waals surface area contributed by atoms with Crippen molar-refractivity contribution in [1.29, 1.82) is 0 Å². The van der Waals surface area contributed by atoms with Crippen molar-refractivity contribution < 1.29 is 5.11 Å². The van der Waals surface area contributed by atoms with Crippen molar-refractivity contribution in [1.82, 2.24) is 9.97 Å². The Bertz CT molecular complexity index is 550. The van der Waals surface area contributed by atoms with Gasteiger partial charge in [0.05, 0.1) is 12.0 Å². The van der Waals surface area contributed by atoms with Crippen LogP contribution in [0.25, 0.3) is 10.2 Å². The van der Waals surface area contributed by atoms with Gasteiger partial charge in [0.25, 0.3) is 0 Å². The highest BCUT2D eigenvalue weighted by Gasteiger charge is 2.18. The second kappa shape index (κ2) is 5.20. The fourth-order valence-electron chi connectivity index (χ4n) is 2.09. The summed E-state index contributed by atoms with van der Waals surface area (Å²) in [6.45, 7) is 8.94. The van der Waals surface area contributed by atoms with Gasteiger partial charge in [-0.1, -0.05) is 0 Å². The van der Waals surface area contributed by atoms with E-state index in [4.69, 9.17) is 0 Å². The normalized spacial score (nSPS) is 11.4. The number of hydrogen-bond acceptors (Lipinski definition) is 5. The minimum absolute atomic E-state index is 0.131. The van der Waals surface area contributed by atoms with Gasteiger partial charge in [-0.2, -0.15) is 0 Å². The molecule has 0 unspecified atom stereocenters. The molecule has 0 atom stereocenters. The zero-order valence-electron chi connectivity index (χ0n) is 11.3. The maximum Gasteiger partial charge on any atom is 0.141 e. The van der Waals surface area contributed by atoms with Gasteiger partial charge >= 0.3 is 0 Å². The molecule has 0 aliphatic carbocycles. The highest BCUT2D eigenvalue weighted by molar-refractivity contribution is 7.17. The molecule has 4 nitrogen and oxygen atoms in total. The number of nitrogens with zero attached hydrogens (tertiary/aromatic N) is 3. The van der Waals surface area contributed by atoms with Crippen molar-refractivity contribution in [2.24, 2.45) is 0 Å². The molecule has 0 aliphatic heterocycles. The Morgan fingerprint density at radius 3 is 2.67 bits per heavy atom. The third-order valence-electron chi connectivity index (χ3n) is 2.95. The van der Waals surface area contributed by atoms with Gasteiger partial charge in [0.15, 0.2) is 0 Å². The number of aryl methyl sites for hydroxylation is 2. The first kappa shape index (κ1) is 13.2.